The van der Waals surface area contributed by atoms with Crippen LogP contribution in [0.25, 0.3) is 12.2 Å². The number of Topliss-reactive ketones (excluding diaryl/α,β-unsaturated/α-hetero) is 1. The fraction of sp³-hybridized carbons (Fsp3) is 0.227. The summed E-state index contributed by atoms with van der Waals surface area (Å²) in [4.78, 5) is 12.8. The molecule has 122 valence electrons. The maximum atomic E-state index is 12.8. The van der Waals surface area contributed by atoms with Gasteiger partial charge in [0.2, 0.25) is 0 Å². The topological polar surface area (TPSA) is 26.3 Å². The van der Waals surface area contributed by atoms with Gasteiger partial charge in [-0.2, -0.15) is 0 Å². The summed E-state index contributed by atoms with van der Waals surface area (Å²) in [5, 5.41) is 0. The number of hydrogen-bond acceptors (Lipinski definition) is 2. The van der Waals surface area contributed by atoms with E-state index in [9.17, 15) is 4.79 Å². The third-order valence-electron chi connectivity index (χ3n) is 4.72. The highest BCUT2D eigenvalue weighted by Crippen LogP contribution is 2.39. The van der Waals surface area contributed by atoms with Gasteiger partial charge in [0.15, 0.2) is 5.78 Å². The van der Waals surface area contributed by atoms with Gasteiger partial charge >= 0.3 is 0 Å². The molecule has 3 rings (SSSR count). The van der Waals surface area contributed by atoms with Crippen molar-refractivity contribution in [2.75, 3.05) is 7.11 Å². The van der Waals surface area contributed by atoms with E-state index >= 15 is 0 Å². The molecule has 0 unspecified atom stereocenters. The first kappa shape index (κ1) is 16.3. The fourth-order valence-electron chi connectivity index (χ4n) is 3.36. The average molecular weight is 318 g/mol. The predicted octanol–water partition coefficient (Wildman–Crippen LogP) is 5.04. The Morgan fingerprint density at radius 1 is 1.12 bits per heavy atom. The summed E-state index contributed by atoms with van der Waals surface area (Å²) in [6.45, 7) is 3.95. The first-order valence-corrected chi connectivity index (χ1v) is 8.18. The second-order valence-corrected chi connectivity index (χ2v) is 6.46. The molecule has 1 atom stereocenters. The minimum Gasteiger partial charge on any atom is -0.497 e. The van der Waals surface area contributed by atoms with Gasteiger partial charge in [-0.3, -0.25) is 4.79 Å². The van der Waals surface area contributed by atoms with Crippen molar-refractivity contribution < 1.29 is 9.53 Å². The number of carbonyl (C=O) groups excluding carboxylic acids is 1. The monoisotopic (exact) mass is 318 g/mol. The number of benzene rings is 2. The molecule has 1 aliphatic carbocycles. The number of rotatable bonds is 4. The molecule has 2 aromatic rings. The minimum atomic E-state index is -0.509. The van der Waals surface area contributed by atoms with Gasteiger partial charge in [0.25, 0.3) is 0 Å². The molecule has 0 heterocycles. The Kier molecular flexibility index (Phi) is 4.39. The molecule has 0 spiro atoms. The Morgan fingerprint density at radius 3 is 2.71 bits per heavy atom. The lowest BCUT2D eigenvalue weighted by molar-refractivity contribution is -0.120. The summed E-state index contributed by atoms with van der Waals surface area (Å²) in [5.41, 5.74) is 3.64. The van der Waals surface area contributed by atoms with E-state index in [2.05, 4.69) is 24.3 Å². The Balaban J connectivity index is 1.89. The van der Waals surface area contributed by atoms with Crippen LogP contribution in [0.2, 0.25) is 0 Å². The molecule has 0 N–H and O–H groups in total. The molecule has 0 amide bonds. The molecule has 24 heavy (non-hydrogen) atoms. The van der Waals surface area contributed by atoms with E-state index in [0.717, 1.165) is 28.0 Å². The number of ether oxygens (including phenoxy) is 1. The summed E-state index contributed by atoms with van der Waals surface area (Å²) in [6, 6.07) is 16.1. The summed E-state index contributed by atoms with van der Waals surface area (Å²) in [7, 11) is 1.66. The Labute approximate surface area is 143 Å². The van der Waals surface area contributed by atoms with E-state index in [1.54, 1.807) is 7.11 Å². The van der Waals surface area contributed by atoms with Gasteiger partial charge in [-0.25, -0.2) is 0 Å². The largest absolute Gasteiger partial charge is 0.497 e. The molecule has 0 aromatic heterocycles. The van der Waals surface area contributed by atoms with Gasteiger partial charge in [-0.05, 0) is 60.7 Å². The van der Waals surface area contributed by atoms with E-state index in [1.165, 1.54) is 0 Å². The predicted molar refractivity (Wildman–Crippen MR) is 99.1 cm³/mol. The van der Waals surface area contributed by atoms with Crippen molar-refractivity contribution in [1.29, 1.82) is 0 Å². The highest BCUT2D eigenvalue weighted by Gasteiger charge is 2.38. The van der Waals surface area contributed by atoms with E-state index in [0.29, 0.717) is 6.42 Å². The van der Waals surface area contributed by atoms with Crippen LogP contribution in [0.3, 0.4) is 0 Å². The van der Waals surface area contributed by atoms with Crippen LogP contribution in [0.4, 0.5) is 0 Å². The van der Waals surface area contributed by atoms with Crippen LogP contribution < -0.4 is 4.74 Å². The van der Waals surface area contributed by atoms with Crippen molar-refractivity contribution >= 4 is 17.9 Å². The molecule has 1 aliphatic rings. The fourth-order valence-corrected chi connectivity index (χ4v) is 3.36. The normalized spacial score (nSPS) is 20.0. The van der Waals surface area contributed by atoms with Crippen LogP contribution in [-0.2, 0) is 10.2 Å². The van der Waals surface area contributed by atoms with Crippen molar-refractivity contribution in [2.45, 2.75) is 25.7 Å². The van der Waals surface area contributed by atoms with Gasteiger partial charge in [0, 0.05) is 0 Å². The van der Waals surface area contributed by atoms with Crippen molar-refractivity contribution in [3.8, 4) is 5.75 Å². The zero-order chi connectivity index (χ0) is 17.2. The Hall–Kier alpha value is -2.61. The lowest BCUT2D eigenvalue weighted by atomic mass is 9.69. The standard InChI is InChI=1S/C22H22O2/c1-16-14-18-10-4-5-12-20(18)22(2,21(16)23)13-7-9-17-8-6-11-19(15-17)24-3/h4-12,14-15H,13H2,1-3H3/b9-7+/t22-/m0/s1. The maximum absolute atomic E-state index is 12.8. The first-order chi connectivity index (χ1) is 11.5. The van der Waals surface area contributed by atoms with Crippen molar-refractivity contribution in [3.05, 3.63) is 76.9 Å². The van der Waals surface area contributed by atoms with Crippen LogP contribution in [0.1, 0.15) is 37.0 Å². The number of methoxy groups -OCH3 is 1. The summed E-state index contributed by atoms with van der Waals surface area (Å²) in [6.07, 6.45) is 6.80. The van der Waals surface area contributed by atoms with Gasteiger partial charge in [0.05, 0.1) is 12.5 Å². The number of allylic oxidation sites excluding steroid dienone is 2. The molecule has 0 saturated heterocycles. The molecule has 0 saturated carbocycles. The second kappa shape index (κ2) is 6.48. The third kappa shape index (κ3) is 2.92. The third-order valence-corrected chi connectivity index (χ3v) is 4.72. The SMILES string of the molecule is COc1cccc(/C=C/C[C@]2(C)C(=O)C(C)=Cc3ccccc32)c1. The molecule has 2 aromatic carbocycles. The molecular weight excluding hydrogens is 296 g/mol. The summed E-state index contributed by atoms with van der Waals surface area (Å²) >= 11 is 0. The highest BCUT2D eigenvalue weighted by molar-refractivity contribution is 6.09. The van der Waals surface area contributed by atoms with E-state index in [4.69, 9.17) is 4.74 Å². The van der Waals surface area contributed by atoms with Crippen LogP contribution in [0.15, 0.2) is 60.2 Å². The quantitative estimate of drug-likeness (QED) is 0.789. The average Bonchev–Trinajstić information content (AvgIpc) is 2.60. The van der Waals surface area contributed by atoms with Crippen molar-refractivity contribution in [2.24, 2.45) is 0 Å². The molecule has 0 bridgehead atoms. The van der Waals surface area contributed by atoms with E-state index in [-0.39, 0.29) is 5.78 Å². The van der Waals surface area contributed by atoms with Crippen LogP contribution in [-0.4, -0.2) is 12.9 Å². The van der Waals surface area contributed by atoms with Gasteiger partial charge in [0.1, 0.15) is 5.75 Å². The lowest BCUT2D eigenvalue weighted by Crippen LogP contribution is -2.35. The Morgan fingerprint density at radius 2 is 1.92 bits per heavy atom. The van der Waals surface area contributed by atoms with Crippen LogP contribution in [0.5, 0.6) is 5.75 Å². The molecular formula is C22H22O2. The Bertz CT molecular complexity index is 829. The molecule has 2 heteroatoms. The van der Waals surface area contributed by atoms with Gasteiger partial charge < -0.3 is 4.74 Å². The summed E-state index contributed by atoms with van der Waals surface area (Å²) in [5.74, 6) is 1.04. The van der Waals surface area contributed by atoms with Crippen LogP contribution in [0, 0.1) is 0 Å². The number of ketones is 1. The van der Waals surface area contributed by atoms with Crippen molar-refractivity contribution in [3.63, 3.8) is 0 Å². The zero-order valence-corrected chi connectivity index (χ0v) is 14.4. The van der Waals surface area contributed by atoms with E-state index < -0.39 is 5.41 Å². The molecule has 0 radical (unpaired) electrons. The minimum absolute atomic E-state index is 0.205. The van der Waals surface area contributed by atoms with Gasteiger partial charge in [-0.1, -0.05) is 48.6 Å². The number of fused-ring (bicyclic) bond motifs is 1. The van der Waals surface area contributed by atoms with Crippen LogP contribution >= 0.6 is 0 Å². The van der Waals surface area contributed by atoms with Crippen molar-refractivity contribution in [1.82, 2.24) is 0 Å². The zero-order valence-electron chi connectivity index (χ0n) is 14.4. The first-order valence-electron chi connectivity index (χ1n) is 8.18. The van der Waals surface area contributed by atoms with Gasteiger partial charge in [-0.15, -0.1) is 0 Å². The second-order valence-electron chi connectivity index (χ2n) is 6.46. The van der Waals surface area contributed by atoms with E-state index in [1.807, 2.05) is 56.3 Å². The highest BCUT2D eigenvalue weighted by atomic mass is 16.5. The number of hydrogen-bond donors (Lipinski definition) is 0. The smallest absolute Gasteiger partial charge is 0.169 e. The molecule has 2 nitrogen and oxygen atoms in total. The molecule has 0 aliphatic heterocycles. The lowest BCUT2D eigenvalue weighted by Gasteiger charge is -2.33. The maximum Gasteiger partial charge on any atom is 0.169 e. The number of carbonyl (C=O) groups is 1. The molecule has 0 fully saturated rings. The summed E-state index contributed by atoms with van der Waals surface area (Å²) < 4.78 is 5.25.